The van der Waals surface area contributed by atoms with Gasteiger partial charge in [-0.15, -0.1) is 0 Å². The van der Waals surface area contributed by atoms with Crippen molar-refractivity contribution in [1.82, 2.24) is 0 Å². The fourth-order valence-corrected chi connectivity index (χ4v) is 3.23. The van der Waals surface area contributed by atoms with Gasteiger partial charge in [0.2, 0.25) is 11.8 Å². The molecule has 1 atom stereocenters. The van der Waals surface area contributed by atoms with E-state index in [0.717, 1.165) is 0 Å². The zero-order valence-electron chi connectivity index (χ0n) is 14.0. The van der Waals surface area contributed by atoms with E-state index in [1.165, 1.54) is 11.8 Å². The maximum Gasteiger partial charge on any atom is 0.229 e. The van der Waals surface area contributed by atoms with Crippen LogP contribution >= 0.6 is 23.2 Å². The van der Waals surface area contributed by atoms with Crippen LogP contribution < -0.4 is 10.2 Å². The molecule has 1 heterocycles. The molecule has 3 rings (SSSR count). The summed E-state index contributed by atoms with van der Waals surface area (Å²) >= 11 is 12.1. The second-order valence-corrected chi connectivity index (χ2v) is 6.97. The molecule has 1 aliphatic rings. The molecule has 0 aliphatic carbocycles. The molecular formula is C19H16Cl2N2O3. The van der Waals surface area contributed by atoms with Gasteiger partial charge in [-0.2, -0.15) is 0 Å². The molecule has 7 heteroatoms. The van der Waals surface area contributed by atoms with Gasteiger partial charge in [-0.25, -0.2) is 0 Å². The Morgan fingerprint density at radius 1 is 1.12 bits per heavy atom. The number of carbonyl (C=O) groups is 3. The second-order valence-electron chi connectivity index (χ2n) is 6.12. The van der Waals surface area contributed by atoms with E-state index in [9.17, 15) is 14.4 Å². The molecule has 1 saturated heterocycles. The van der Waals surface area contributed by atoms with Gasteiger partial charge in [-0.05, 0) is 49.4 Å². The highest BCUT2D eigenvalue weighted by molar-refractivity contribution is 6.36. The highest BCUT2D eigenvalue weighted by Gasteiger charge is 2.36. The largest absolute Gasteiger partial charge is 0.326 e. The number of nitrogens with zero attached hydrogens (tertiary/aromatic N) is 1. The Hall–Kier alpha value is -2.37. The number of hydrogen-bond donors (Lipinski definition) is 1. The Bertz CT molecular complexity index is 881. The average Bonchev–Trinajstić information content (AvgIpc) is 2.99. The summed E-state index contributed by atoms with van der Waals surface area (Å²) in [4.78, 5) is 37.6. The average molecular weight is 391 g/mol. The van der Waals surface area contributed by atoms with Gasteiger partial charge < -0.3 is 10.2 Å². The molecule has 26 heavy (non-hydrogen) atoms. The quantitative estimate of drug-likeness (QED) is 0.795. The topological polar surface area (TPSA) is 66.5 Å². The molecule has 1 aliphatic heterocycles. The summed E-state index contributed by atoms with van der Waals surface area (Å²) in [7, 11) is 0. The highest BCUT2D eigenvalue weighted by atomic mass is 35.5. The molecule has 0 unspecified atom stereocenters. The number of carbonyl (C=O) groups excluding carboxylic acids is 3. The Kier molecular flexibility index (Phi) is 5.30. The number of amides is 2. The van der Waals surface area contributed by atoms with Gasteiger partial charge in [0.05, 0.1) is 16.6 Å². The predicted octanol–water partition coefficient (Wildman–Crippen LogP) is 4.19. The van der Waals surface area contributed by atoms with Crippen molar-refractivity contribution < 1.29 is 14.4 Å². The number of rotatable bonds is 4. The van der Waals surface area contributed by atoms with Crippen LogP contribution in [0.4, 0.5) is 11.4 Å². The Morgan fingerprint density at radius 3 is 2.46 bits per heavy atom. The van der Waals surface area contributed by atoms with Crippen molar-refractivity contribution in [3.05, 3.63) is 58.1 Å². The first kappa shape index (κ1) is 18.4. The first-order valence-electron chi connectivity index (χ1n) is 8.02. The molecule has 0 radical (unpaired) electrons. The summed E-state index contributed by atoms with van der Waals surface area (Å²) in [5, 5.41) is 3.65. The molecule has 134 valence electrons. The molecule has 0 bridgehead atoms. The maximum atomic E-state index is 12.5. The van der Waals surface area contributed by atoms with E-state index < -0.39 is 5.92 Å². The van der Waals surface area contributed by atoms with Crippen molar-refractivity contribution in [1.29, 1.82) is 0 Å². The third kappa shape index (κ3) is 3.89. The molecule has 0 saturated carbocycles. The number of benzene rings is 2. The van der Waals surface area contributed by atoms with Gasteiger partial charge in [0.15, 0.2) is 5.78 Å². The highest BCUT2D eigenvalue weighted by Crippen LogP contribution is 2.33. The zero-order chi connectivity index (χ0) is 18.8. The number of hydrogen-bond acceptors (Lipinski definition) is 3. The van der Waals surface area contributed by atoms with Gasteiger partial charge in [-0.3, -0.25) is 14.4 Å². The molecule has 0 spiro atoms. The van der Waals surface area contributed by atoms with E-state index in [0.29, 0.717) is 27.0 Å². The normalized spacial score (nSPS) is 16.7. The van der Waals surface area contributed by atoms with Crippen LogP contribution in [0, 0.1) is 5.92 Å². The van der Waals surface area contributed by atoms with E-state index >= 15 is 0 Å². The SMILES string of the molecule is CC(=O)c1ccc(NC(=O)[C@@H]2CC(=O)N(c3cc(Cl)ccc3Cl)C2)cc1. The van der Waals surface area contributed by atoms with Gasteiger partial charge in [0.25, 0.3) is 0 Å². The van der Waals surface area contributed by atoms with E-state index in [1.54, 1.807) is 42.5 Å². The van der Waals surface area contributed by atoms with Crippen molar-refractivity contribution >= 4 is 52.2 Å². The number of nitrogens with one attached hydrogen (secondary N) is 1. The number of halogens is 2. The molecule has 1 fully saturated rings. The number of ketones is 1. The lowest BCUT2D eigenvalue weighted by molar-refractivity contribution is -0.122. The van der Waals surface area contributed by atoms with E-state index in [2.05, 4.69) is 5.32 Å². The van der Waals surface area contributed by atoms with E-state index in [1.807, 2.05) is 0 Å². The molecule has 1 N–H and O–H groups in total. The van der Waals surface area contributed by atoms with Gasteiger partial charge >= 0.3 is 0 Å². The Morgan fingerprint density at radius 2 is 1.81 bits per heavy atom. The lowest BCUT2D eigenvalue weighted by Gasteiger charge is -2.18. The minimum absolute atomic E-state index is 0.0432. The van der Waals surface area contributed by atoms with Crippen LogP contribution in [0.25, 0.3) is 0 Å². The van der Waals surface area contributed by atoms with Crippen LogP contribution in [0.5, 0.6) is 0 Å². The van der Waals surface area contributed by atoms with E-state index in [4.69, 9.17) is 23.2 Å². The van der Waals surface area contributed by atoms with Crippen molar-refractivity contribution in [3.8, 4) is 0 Å². The summed E-state index contributed by atoms with van der Waals surface area (Å²) in [5.41, 5.74) is 1.65. The number of anilines is 2. The molecule has 2 aromatic carbocycles. The summed E-state index contributed by atoms with van der Waals surface area (Å²) in [6.07, 6.45) is 0.0974. The molecule has 2 amide bonds. The zero-order valence-corrected chi connectivity index (χ0v) is 15.5. The van der Waals surface area contributed by atoms with Crippen molar-refractivity contribution in [2.24, 2.45) is 5.92 Å². The third-order valence-electron chi connectivity index (χ3n) is 4.25. The summed E-state index contributed by atoms with van der Waals surface area (Å²) < 4.78 is 0. The second kappa shape index (κ2) is 7.48. The number of Topliss-reactive ketones (excluding diaryl/α,β-unsaturated/α-hetero) is 1. The monoisotopic (exact) mass is 390 g/mol. The predicted molar refractivity (Wildman–Crippen MR) is 102 cm³/mol. The summed E-state index contributed by atoms with van der Waals surface area (Å²) in [6, 6.07) is 11.5. The summed E-state index contributed by atoms with van der Waals surface area (Å²) in [6.45, 7) is 1.71. The first-order chi connectivity index (χ1) is 12.3. The van der Waals surface area contributed by atoms with Crippen LogP contribution in [0.1, 0.15) is 23.7 Å². The lowest BCUT2D eigenvalue weighted by Crippen LogP contribution is -2.28. The smallest absolute Gasteiger partial charge is 0.229 e. The minimum Gasteiger partial charge on any atom is -0.326 e. The third-order valence-corrected chi connectivity index (χ3v) is 4.81. The molecular weight excluding hydrogens is 375 g/mol. The van der Waals surface area contributed by atoms with Crippen LogP contribution in [0.15, 0.2) is 42.5 Å². The van der Waals surface area contributed by atoms with Crippen molar-refractivity contribution in [3.63, 3.8) is 0 Å². The Labute approximate surface area is 160 Å². The van der Waals surface area contributed by atoms with Gasteiger partial charge in [0, 0.05) is 29.2 Å². The standard InChI is InChI=1S/C19H16Cl2N2O3/c1-11(24)12-2-5-15(6-3-12)22-19(26)13-8-18(25)23(10-13)17-9-14(20)4-7-16(17)21/h2-7,9,13H,8,10H2,1H3,(H,22,26)/t13-/m1/s1. The van der Waals surface area contributed by atoms with Gasteiger partial charge in [0.1, 0.15) is 0 Å². The Balaban J connectivity index is 1.70. The lowest BCUT2D eigenvalue weighted by atomic mass is 10.1. The molecule has 0 aromatic heterocycles. The summed E-state index contributed by atoms with van der Waals surface area (Å²) in [5.74, 6) is -0.973. The van der Waals surface area contributed by atoms with Crippen LogP contribution in [0.3, 0.4) is 0 Å². The fourth-order valence-electron chi connectivity index (χ4n) is 2.84. The fraction of sp³-hybridized carbons (Fsp3) is 0.211. The van der Waals surface area contributed by atoms with Crippen molar-refractivity contribution in [2.45, 2.75) is 13.3 Å². The minimum atomic E-state index is -0.495. The van der Waals surface area contributed by atoms with Crippen LogP contribution in [-0.4, -0.2) is 24.1 Å². The van der Waals surface area contributed by atoms with Crippen LogP contribution in [-0.2, 0) is 9.59 Å². The van der Waals surface area contributed by atoms with Gasteiger partial charge in [-0.1, -0.05) is 23.2 Å². The first-order valence-corrected chi connectivity index (χ1v) is 8.78. The molecule has 5 nitrogen and oxygen atoms in total. The van der Waals surface area contributed by atoms with Crippen LogP contribution in [0.2, 0.25) is 10.0 Å². The van der Waals surface area contributed by atoms with Crippen molar-refractivity contribution in [2.75, 3.05) is 16.8 Å². The maximum absolute atomic E-state index is 12.5. The molecule has 2 aromatic rings. The van der Waals surface area contributed by atoms with E-state index in [-0.39, 0.29) is 30.6 Å².